The molecule has 0 unspecified atom stereocenters. The van der Waals surface area contributed by atoms with Crippen molar-refractivity contribution in [2.24, 2.45) is 0 Å². The molecule has 0 aromatic heterocycles. The van der Waals surface area contributed by atoms with Gasteiger partial charge in [-0.15, -0.1) is 0 Å². The molecule has 33 heavy (non-hydrogen) atoms. The molecule has 6 nitrogen and oxygen atoms in total. The maximum atomic E-state index is 13.5. The topological polar surface area (TPSA) is 69.7 Å². The van der Waals surface area contributed by atoms with Gasteiger partial charge in [-0.25, -0.2) is 8.42 Å². The first-order valence-electron chi connectivity index (χ1n) is 11.1. The first-order chi connectivity index (χ1) is 15.9. The normalized spacial score (nSPS) is 15.3. The highest BCUT2D eigenvalue weighted by Crippen LogP contribution is 2.18. The minimum absolute atomic E-state index is 0.160. The molecular formula is C26H29N3O3S. The van der Waals surface area contributed by atoms with Crippen molar-refractivity contribution in [2.75, 3.05) is 31.1 Å². The molecule has 1 saturated heterocycles. The Bertz CT molecular complexity index is 1160. The van der Waals surface area contributed by atoms with Crippen molar-refractivity contribution >= 4 is 21.6 Å². The van der Waals surface area contributed by atoms with Gasteiger partial charge in [0.2, 0.25) is 15.9 Å². The van der Waals surface area contributed by atoms with Crippen molar-refractivity contribution in [1.29, 1.82) is 0 Å². The van der Waals surface area contributed by atoms with Gasteiger partial charge >= 0.3 is 0 Å². The Hall–Kier alpha value is -3.16. The lowest BCUT2D eigenvalue weighted by Gasteiger charge is -2.37. The number of nitrogens with zero attached hydrogens (tertiary/aromatic N) is 2. The summed E-state index contributed by atoms with van der Waals surface area (Å²) >= 11 is 0. The number of aryl methyl sites for hydroxylation is 1. The maximum absolute atomic E-state index is 13.5. The lowest BCUT2D eigenvalue weighted by atomic mass is 10.1. The van der Waals surface area contributed by atoms with Crippen LogP contribution in [0.15, 0.2) is 89.8 Å². The third-order valence-corrected chi connectivity index (χ3v) is 7.41. The van der Waals surface area contributed by atoms with Gasteiger partial charge in [0.05, 0.1) is 4.90 Å². The number of hydrogen-bond acceptors (Lipinski definition) is 4. The number of piperazine rings is 1. The lowest BCUT2D eigenvalue weighted by Crippen LogP contribution is -2.55. The van der Waals surface area contributed by atoms with Gasteiger partial charge in [-0.2, -0.15) is 4.72 Å². The highest BCUT2D eigenvalue weighted by Gasteiger charge is 2.31. The van der Waals surface area contributed by atoms with Crippen LogP contribution in [-0.2, 0) is 21.2 Å². The zero-order chi connectivity index (χ0) is 23.3. The van der Waals surface area contributed by atoms with Crippen LogP contribution >= 0.6 is 0 Å². The van der Waals surface area contributed by atoms with Gasteiger partial charge in [0.1, 0.15) is 6.04 Å². The van der Waals surface area contributed by atoms with Gasteiger partial charge in [0, 0.05) is 31.9 Å². The summed E-state index contributed by atoms with van der Waals surface area (Å²) < 4.78 is 28.8. The summed E-state index contributed by atoms with van der Waals surface area (Å²) in [7, 11) is -3.84. The molecule has 1 heterocycles. The molecule has 0 bridgehead atoms. The number of para-hydroxylation sites is 1. The highest BCUT2D eigenvalue weighted by atomic mass is 32.2. The molecule has 0 radical (unpaired) electrons. The first kappa shape index (κ1) is 23.0. The summed E-state index contributed by atoms with van der Waals surface area (Å²) in [4.78, 5) is 17.7. The number of carbonyl (C=O) groups excluding carboxylic acids is 1. The molecule has 1 atom stereocenters. The van der Waals surface area contributed by atoms with Crippen molar-refractivity contribution < 1.29 is 13.2 Å². The Morgan fingerprint density at radius 1 is 0.848 bits per heavy atom. The third-order valence-electron chi connectivity index (χ3n) is 5.92. The highest BCUT2D eigenvalue weighted by molar-refractivity contribution is 7.89. The van der Waals surface area contributed by atoms with E-state index in [2.05, 4.69) is 21.8 Å². The van der Waals surface area contributed by atoms with Crippen LogP contribution < -0.4 is 9.62 Å². The van der Waals surface area contributed by atoms with E-state index in [0.29, 0.717) is 32.6 Å². The molecule has 0 spiro atoms. The second-order valence-electron chi connectivity index (χ2n) is 8.32. The fourth-order valence-corrected chi connectivity index (χ4v) is 5.24. The van der Waals surface area contributed by atoms with Crippen LogP contribution in [0.2, 0.25) is 0 Å². The maximum Gasteiger partial charge on any atom is 0.241 e. The quantitative estimate of drug-likeness (QED) is 0.584. The number of hydrogen-bond donors (Lipinski definition) is 1. The van der Waals surface area contributed by atoms with Crippen molar-refractivity contribution in [3.63, 3.8) is 0 Å². The van der Waals surface area contributed by atoms with Gasteiger partial charge < -0.3 is 9.80 Å². The van der Waals surface area contributed by atoms with Crippen LogP contribution in [0.1, 0.15) is 11.1 Å². The number of nitrogens with one attached hydrogen (secondary N) is 1. The molecule has 1 N–H and O–H groups in total. The van der Waals surface area contributed by atoms with E-state index in [4.69, 9.17) is 0 Å². The predicted octanol–water partition coefficient (Wildman–Crippen LogP) is 3.23. The lowest BCUT2D eigenvalue weighted by molar-refractivity contribution is -0.133. The fourth-order valence-electron chi connectivity index (χ4n) is 4.05. The molecule has 3 aromatic carbocycles. The molecule has 0 aliphatic carbocycles. The average molecular weight is 464 g/mol. The van der Waals surface area contributed by atoms with Crippen LogP contribution in [0.3, 0.4) is 0 Å². The number of amides is 1. The van der Waals surface area contributed by atoms with Crippen molar-refractivity contribution in [3.05, 3.63) is 96.1 Å². The van der Waals surface area contributed by atoms with Gasteiger partial charge in [-0.05, 0) is 43.2 Å². The third kappa shape index (κ3) is 5.80. The molecule has 1 aliphatic heterocycles. The Kier molecular flexibility index (Phi) is 7.11. The molecule has 172 valence electrons. The van der Waals surface area contributed by atoms with Crippen LogP contribution in [0.4, 0.5) is 5.69 Å². The molecule has 1 amide bonds. The van der Waals surface area contributed by atoms with Gasteiger partial charge in [-0.1, -0.05) is 66.2 Å². The Labute approximate surface area is 195 Å². The fraction of sp³-hybridized carbons (Fsp3) is 0.269. The van der Waals surface area contributed by atoms with E-state index in [0.717, 1.165) is 16.8 Å². The minimum Gasteiger partial charge on any atom is -0.368 e. The zero-order valence-corrected chi connectivity index (χ0v) is 19.5. The second kappa shape index (κ2) is 10.2. The van der Waals surface area contributed by atoms with E-state index in [1.54, 1.807) is 29.2 Å². The number of carbonyl (C=O) groups is 1. The molecule has 4 rings (SSSR count). The van der Waals surface area contributed by atoms with Crippen LogP contribution in [-0.4, -0.2) is 51.4 Å². The standard InChI is InChI=1S/C26H29N3O3S/c1-21-12-14-24(15-13-21)33(31,32)27-25(20-22-8-4-2-5-9-22)26(30)29-18-16-28(17-19-29)23-10-6-3-7-11-23/h2-15,25,27H,16-20H2,1H3/t25-/m1/s1. The Morgan fingerprint density at radius 2 is 1.42 bits per heavy atom. The summed E-state index contributed by atoms with van der Waals surface area (Å²) in [6.45, 7) is 4.41. The molecule has 1 fully saturated rings. The smallest absolute Gasteiger partial charge is 0.241 e. The van der Waals surface area contributed by atoms with E-state index in [-0.39, 0.29) is 10.8 Å². The average Bonchev–Trinajstić information content (AvgIpc) is 2.85. The minimum atomic E-state index is -3.84. The number of sulfonamides is 1. The number of rotatable bonds is 7. The van der Waals surface area contributed by atoms with Crippen LogP contribution in [0, 0.1) is 6.92 Å². The van der Waals surface area contributed by atoms with E-state index < -0.39 is 16.1 Å². The van der Waals surface area contributed by atoms with E-state index in [9.17, 15) is 13.2 Å². The summed E-state index contributed by atoms with van der Waals surface area (Å²) in [6.07, 6.45) is 0.295. The summed E-state index contributed by atoms with van der Waals surface area (Å²) in [5.41, 5.74) is 3.01. The van der Waals surface area contributed by atoms with E-state index in [1.165, 1.54) is 0 Å². The summed E-state index contributed by atoms with van der Waals surface area (Å²) in [6, 6.07) is 25.4. The van der Waals surface area contributed by atoms with E-state index in [1.807, 2.05) is 55.5 Å². The largest absolute Gasteiger partial charge is 0.368 e. The van der Waals surface area contributed by atoms with Gasteiger partial charge in [-0.3, -0.25) is 4.79 Å². The van der Waals surface area contributed by atoms with Crippen molar-refractivity contribution in [2.45, 2.75) is 24.3 Å². The zero-order valence-electron chi connectivity index (χ0n) is 18.7. The summed E-state index contributed by atoms with van der Waals surface area (Å²) in [5.74, 6) is -0.192. The molecule has 3 aromatic rings. The second-order valence-corrected chi connectivity index (χ2v) is 10.0. The van der Waals surface area contributed by atoms with Gasteiger partial charge in [0.25, 0.3) is 0 Å². The SMILES string of the molecule is Cc1ccc(S(=O)(=O)N[C@H](Cc2ccccc2)C(=O)N2CCN(c3ccccc3)CC2)cc1. The van der Waals surface area contributed by atoms with Gasteiger partial charge in [0.15, 0.2) is 0 Å². The number of anilines is 1. The number of benzene rings is 3. The monoisotopic (exact) mass is 463 g/mol. The summed E-state index contributed by atoms with van der Waals surface area (Å²) in [5, 5.41) is 0. The molecular weight excluding hydrogens is 434 g/mol. The van der Waals surface area contributed by atoms with Crippen molar-refractivity contribution in [3.8, 4) is 0 Å². The Balaban J connectivity index is 1.50. The first-order valence-corrected chi connectivity index (χ1v) is 12.6. The van der Waals surface area contributed by atoms with Crippen molar-refractivity contribution in [1.82, 2.24) is 9.62 Å². The van der Waals surface area contributed by atoms with Crippen LogP contribution in [0.25, 0.3) is 0 Å². The predicted molar refractivity (Wildman–Crippen MR) is 131 cm³/mol. The van der Waals surface area contributed by atoms with Crippen LogP contribution in [0.5, 0.6) is 0 Å². The Morgan fingerprint density at radius 3 is 2.03 bits per heavy atom. The molecule has 1 aliphatic rings. The van der Waals surface area contributed by atoms with E-state index >= 15 is 0 Å². The molecule has 0 saturated carbocycles. The molecule has 7 heteroatoms.